The fraction of sp³-hybridized carbons (Fsp3) is 0.211. The lowest BCUT2D eigenvalue weighted by Gasteiger charge is -2.13. The number of benzene rings is 2. The second-order valence-corrected chi connectivity index (χ2v) is 6.73. The number of nitrogens with zero attached hydrogens (tertiary/aromatic N) is 3. The number of amides is 1. The molecule has 0 atom stereocenters. The van der Waals surface area contributed by atoms with Crippen LogP contribution in [0.5, 0.6) is 0 Å². The summed E-state index contributed by atoms with van der Waals surface area (Å²) >= 11 is 1.38. The van der Waals surface area contributed by atoms with E-state index >= 15 is 0 Å². The Morgan fingerprint density at radius 3 is 2.56 bits per heavy atom. The molecule has 1 aromatic heterocycles. The summed E-state index contributed by atoms with van der Waals surface area (Å²) in [6.45, 7) is 6.09. The Morgan fingerprint density at radius 2 is 1.80 bits per heavy atom. The summed E-state index contributed by atoms with van der Waals surface area (Å²) < 4.78 is 2.00. The summed E-state index contributed by atoms with van der Waals surface area (Å²) in [5.41, 5.74) is 4.23. The van der Waals surface area contributed by atoms with E-state index in [0.717, 1.165) is 22.4 Å². The van der Waals surface area contributed by atoms with Crippen molar-refractivity contribution in [2.45, 2.75) is 25.9 Å². The molecular formula is C19H20N4OS. The molecule has 25 heavy (non-hydrogen) atoms. The molecule has 1 amide bonds. The number of anilines is 1. The van der Waals surface area contributed by atoms with Gasteiger partial charge < -0.3 is 5.32 Å². The molecule has 0 aliphatic rings. The predicted molar refractivity (Wildman–Crippen MR) is 101 cm³/mol. The number of carbonyl (C=O) groups is 1. The first-order valence-electron chi connectivity index (χ1n) is 8.02. The molecule has 2 aromatic carbocycles. The van der Waals surface area contributed by atoms with Gasteiger partial charge in [-0.15, -0.1) is 10.2 Å². The fourth-order valence-electron chi connectivity index (χ4n) is 2.54. The minimum atomic E-state index is -0.0654. The van der Waals surface area contributed by atoms with Gasteiger partial charge in [0.1, 0.15) is 5.82 Å². The zero-order valence-electron chi connectivity index (χ0n) is 14.5. The largest absolute Gasteiger partial charge is 0.325 e. The lowest BCUT2D eigenvalue weighted by molar-refractivity contribution is -0.113. The molecule has 1 heterocycles. The van der Waals surface area contributed by atoms with E-state index in [1.54, 1.807) is 0 Å². The molecule has 0 fully saturated rings. The maximum absolute atomic E-state index is 12.2. The number of rotatable bonds is 5. The SMILES string of the molecule is Cc1cccc(-n2c(C)nnc2SCC(=O)Nc2ccccc2)c1C. The highest BCUT2D eigenvalue weighted by Gasteiger charge is 2.15. The van der Waals surface area contributed by atoms with Gasteiger partial charge in [0.05, 0.1) is 11.4 Å². The third kappa shape index (κ3) is 3.91. The molecule has 0 saturated carbocycles. The van der Waals surface area contributed by atoms with E-state index in [-0.39, 0.29) is 11.7 Å². The number of aryl methyl sites for hydroxylation is 2. The van der Waals surface area contributed by atoms with Crippen LogP contribution in [-0.2, 0) is 4.79 Å². The number of hydrogen-bond acceptors (Lipinski definition) is 4. The molecule has 1 N–H and O–H groups in total. The van der Waals surface area contributed by atoms with Crippen LogP contribution in [0.2, 0.25) is 0 Å². The highest BCUT2D eigenvalue weighted by molar-refractivity contribution is 7.99. The van der Waals surface area contributed by atoms with Crippen molar-refractivity contribution in [1.82, 2.24) is 14.8 Å². The Kier molecular flexibility index (Phi) is 5.19. The quantitative estimate of drug-likeness (QED) is 0.707. The zero-order chi connectivity index (χ0) is 17.8. The van der Waals surface area contributed by atoms with Gasteiger partial charge >= 0.3 is 0 Å². The van der Waals surface area contributed by atoms with E-state index in [1.807, 2.05) is 54.0 Å². The summed E-state index contributed by atoms with van der Waals surface area (Å²) in [6.07, 6.45) is 0. The maximum atomic E-state index is 12.2. The average molecular weight is 352 g/mol. The van der Waals surface area contributed by atoms with Crippen molar-refractivity contribution in [3.05, 3.63) is 65.5 Å². The van der Waals surface area contributed by atoms with Crippen molar-refractivity contribution in [3.63, 3.8) is 0 Å². The molecule has 3 aromatic rings. The number of para-hydroxylation sites is 1. The molecule has 0 unspecified atom stereocenters. The lowest BCUT2D eigenvalue weighted by Crippen LogP contribution is -2.14. The van der Waals surface area contributed by atoms with Crippen LogP contribution >= 0.6 is 11.8 Å². The monoisotopic (exact) mass is 352 g/mol. The second-order valence-electron chi connectivity index (χ2n) is 5.79. The third-order valence-electron chi connectivity index (χ3n) is 4.00. The van der Waals surface area contributed by atoms with E-state index in [1.165, 1.54) is 22.9 Å². The van der Waals surface area contributed by atoms with Gasteiger partial charge in [0.2, 0.25) is 5.91 Å². The average Bonchev–Trinajstić information content (AvgIpc) is 2.97. The Hall–Kier alpha value is -2.60. The Morgan fingerprint density at radius 1 is 1.04 bits per heavy atom. The maximum Gasteiger partial charge on any atom is 0.234 e. The van der Waals surface area contributed by atoms with Crippen LogP contribution < -0.4 is 5.32 Å². The minimum absolute atomic E-state index is 0.0654. The molecule has 0 aliphatic carbocycles. The highest BCUT2D eigenvalue weighted by Crippen LogP contribution is 2.25. The zero-order valence-corrected chi connectivity index (χ0v) is 15.3. The van der Waals surface area contributed by atoms with Gasteiger partial charge in [-0.3, -0.25) is 9.36 Å². The number of carbonyl (C=O) groups excluding carboxylic acids is 1. The first-order valence-corrected chi connectivity index (χ1v) is 9.01. The van der Waals surface area contributed by atoms with Crippen LogP contribution in [0.3, 0.4) is 0 Å². The molecule has 3 rings (SSSR count). The van der Waals surface area contributed by atoms with Crippen LogP contribution in [0.1, 0.15) is 17.0 Å². The minimum Gasteiger partial charge on any atom is -0.325 e. The summed E-state index contributed by atoms with van der Waals surface area (Å²) in [5, 5.41) is 12.0. The van der Waals surface area contributed by atoms with Crippen LogP contribution in [0, 0.1) is 20.8 Å². The Balaban J connectivity index is 1.76. The fourth-order valence-corrected chi connectivity index (χ4v) is 3.33. The first-order chi connectivity index (χ1) is 12.1. The van der Waals surface area contributed by atoms with E-state index in [0.29, 0.717) is 0 Å². The van der Waals surface area contributed by atoms with Crippen molar-refractivity contribution in [2.75, 3.05) is 11.1 Å². The predicted octanol–water partition coefficient (Wildman–Crippen LogP) is 3.92. The second kappa shape index (κ2) is 7.53. The molecular weight excluding hydrogens is 332 g/mol. The molecule has 0 aliphatic heterocycles. The van der Waals surface area contributed by atoms with Crippen LogP contribution in [0.4, 0.5) is 5.69 Å². The van der Waals surface area contributed by atoms with E-state index < -0.39 is 0 Å². The number of nitrogens with one attached hydrogen (secondary N) is 1. The number of aromatic nitrogens is 3. The van der Waals surface area contributed by atoms with Gasteiger partial charge in [0, 0.05) is 5.69 Å². The molecule has 0 bridgehead atoms. The van der Waals surface area contributed by atoms with Gasteiger partial charge in [-0.2, -0.15) is 0 Å². The summed E-state index contributed by atoms with van der Waals surface area (Å²) in [5.74, 6) is 1.02. The molecule has 6 heteroatoms. The molecule has 0 spiro atoms. The van der Waals surface area contributed by atoms with Crippen molar-refractivity contribution in [1.29, 1.82) is 0 Å². The highest BCUT2D eigenvalue weighted by atomic mass is 32.2. The van der Waals surface area contributed by atoms with Crippen molar-refractivity contribution in [2.24, 2.45) is 0 Å². The smallest absolute Gasteiger partial charge is 0.234 e. The van der Waals surface area contributed by atoms with Gasteiger partial charge in [0.15, 0.2) is 5.16 Å². The molecule has 0 radical (unpaired) electrons. The molecule has 128 valence electrons. The summed E-state index contributed by atoms with van der Waals surface area (Å²) in [7, 11) is 0. The normalized spacial score (nSPS) is 10.7. The Bertz CT molecular complexity index is 890. The summed E-state index contributed by atoms with van der Waals surface area (Å²) in [6, 6.07) is 15.6. The Labute approximate surface area is 151 Å². The summed E-state index contributed by atoms with van der Waals surface area (Å²) in [4.78, 5) is 12.2. The molecule has 5 nitrogen and oxygen atoms in total. The van der Waals surface area contributed by atoms with E-state index in [4.69, 9.17) is 0 Å². The molecule has 0 saturated heterocycles. The van der Waals surface area contributed by atoms with Crippen molar-refractivity contribution in [3.8, 4) is 5.69 Å². The van der Waals surface area contributed by atoms with Crippen molar-refractivity contribution < 1.29 is 4.79 Å². The van der Waals surface area contributed by atoms with E-state index in [9.17, 15) is 4.79 Å². The van der Waals surface area contributed by atoms with Crippen LogP contribution in [0.15, 0.2) is 53.7 Å². The van der Waals surface area contributed by atoms with Gasteiger partial charge in [-0.25, -0.2) is 0 Å². The number of thioether (sulfide) groups is 1. The van der Waals surface area contributed by atoms with Crippen LogP contribution in [-0.4, -0.2) is 26.4 Å². The first kappa shape index (κ1) is 17.2. The number of hydrogen-bond donors (Lipinski definition) is 1. The standard InChI is InChI=1S/C19H20N4OS/c1-13-8-7-11-17(14(13)2)23-15(3)21-22-19(23)25-12-18(24)20-16-9-5-4-6-10-16/h4-11H,12H2,1-3H3,(H,20,24). The van der Waals surface area contributed by atoms with E-state index in [2.05, 4.69) is 35.4 Å². The van der Waals surface area contributed by atoms with Crippen LogP contribution in [0.25, 0.3) is 5.69 Å². The third-order valence-corrected chi connectivity index (χ3v) is 4.93. The van der Waals surface area contributed by atoms with Gasteiger partial charge in [-0.1, -0.05) is 42.1 Å². The lowest BCUT2D eigenvalue weighted by atomic mass is 10.1. The topological polar surface area (TPSA) is 59.8 Å². The van der Waals surface area contributed by atoms with Gasteiger partial charge in [0.25, 0.3) is 0 Å². The van der Waals surface area contributed by atoms with Gasteiger partial charge in [-0.05, 0) is 50.1 Å². The van der Waals surface area contributed by atoms with Crippen molar-refractivity contribution >= 4 is 23.4 Å².